The summed E-state index contributed by atoms with van der Waals surface area (Å²) in [5.41, 5.74) is 1.92. The molecule has 1 unspecified atom stereocenters. The maximum absolute atomic E-state index is 12.4. The molecule has 0 bridgehead atoms. The summed E-state index contributed by atoms with van der Waals surface area (Å²) < 4.78 is 23.4. The summed E-state index contributed by atoms with van der Waals surface area (Å²) in [5, 5.41) is 0.545. The molecule has 0 saturated carbocycles. The second-order valence-electron chi connectivity index (χ2n) is 5.18. The first-order chi connectivity index (χ1) is 11.5. The minimum absolute atomic E-state index is 0.111. The van der Waals surface area contributed by atoms with Crippen molar-refractivity contribution in [3.05, 3.63) is 46.1 Å². The number of rotatable bonds is 3. The summed E-state index contributed by atoms with van der Waals surface area (Å²) in [4.78, 5) is 24.6. The Morgan fingerprint density at radius 3 is 2.25 bits per heavy atom. The van der Waals surface area contributed by atoms with E-state index in [2.05, 4.69) is 0 Å². The summed E-state index contributed by atoms with van der Waals surface area (Å²) in [5.74, 6) is -0.915. The van der Waals surface area contributed by atoms with Crippen molar-refractivity contribution in [1.82, 2.24) is 4.57 Å². The number of ether oxygens (including phenoxy) is 2. The van der Waals surface area contributed by atoms with Gasteiger partial charge in [-0.1, -0.05) is 23.7 Å². The van der Waals surface area contributed by atoms with Crippen LogP contribution in [0.15, 0.2) is 24.3 Å². The van der Waals surface area contributed by atoms with Crippen LogP contribution in [-0.4, -0.2) is 34.9 Å². The first-order valence-corrected chi connectivity index (χ1v) is 8.87. The molecule has 0 fully saturated rings. The van der Waals surface area contributed by atoms with E-state index in [4.69, 9.17) is 21.1 Å². The molecular formula is C16H14ClNO5S. The maximum atomic E-state index is 12.4. The molecule has 0 spiro atoms. The lowest BCUT2D eigenvalue weighted by Crippen LogP contribution is -2.12. The quantitative estimate of drug-likeness (QED) is 0.779. The molecule has 0 amide bonds. The molecule has 8 heteroatoms. The van der Waals surface area contributed by atoms with Crippen LogP contribution in [-0.2, 0) is 31.9 Å². The van der Waals surface area contributed by atoms with E-state index in [1.54, 1.807) is 28.8 Å². The molecule has 1 aliphatic rings. The van der Waals surface area contributed by atoms with Crippen LogP contribution >= 0.6 is 11.6 Å². The molecule has 0 aliphatic carbocycles. The Kier molecular flexibility index (Phi) is 4.47. The minimum Gasteiger partial charge on any atom is -0.465 e. The summed E-state index contributed by atoms with van der Waals surface area (Å²) in [6, 6.07) is 6.84. The topological polar surface area (TPSA) is 74.6 Å². The summed E-state index contributed by atoms with van der Waals surface area (Å²) in [7, 11) is 1.33. The zero-order valence-electron chi connectivity index (χ0n) is 13.0. The van der Waals surface area contributed by atoms with Gasteiger partial charge in [-0.3, -0.25) is 4.21 Å². The molecule has 1 aromatic carbocycles. The van der Waals surface area contributed by atoms with E-state index in [-0.39, 0.29) is 22.8 Å². The monoisotopic (exact) mass is 367 g/mol. The maximum Gasteiger partial charge on any atom is 0.340 e. The normalized spacial score (nSPS) is 15.9. The zero-order valence-corrected chi connectivity index (χ0v) is 14.6. The summed E-state index contributed by atoms with van der Waals surface area (Å²) in [6.07, 6.45) is 0. The van der Waals surface area contributed by atoms with E-state index >= 15 is 0 Å². The number of fused-ring (bicyclic) bond motifs is 1. The lowest BCUT2D eigenvalue weighted by atomic mass is 10.0. The fourth-order valence-electron chi connectivity index (χ4n) is 2.83. The number of carbonyl (C=O) groups excluding carboxylic acids is 2. The highest BCUT2D eigenvalue weighted by atomic mass is 35.5. The number of hydrogen-bond donors (Lipinski definition) is 0. The number of hydrogen-bond acceptors (Lipinski definition) is 5. The van der Waals surface area contributed by atoms with Gasteiger partial charge in [-0.25, -0.2) is 9.59 Å². The fourth-order valence-corrected chi connectivity index (χ4v) is 4.23. The Labute approximate surface area is 145 Å². The van der Waals surface area contributed by atoms with Crippen molar-refractivity contribution < 1.29 is 23.3 Å². The predicted octanol–water partition coefficient (Wildman–Crippen LogP) is 2.60. The number of carbonyl (C=O) groups is 2. The molecule has 6 nitrogen and oxygen atoms in total. The molecule has 24 heavy (non-hydrogen) atoms. The third kappa shape index (κ3) is 2.63. The van der Waals surface area contributed by atoms with Crippen LogP contribution in [0.4, 0.5) is 0 Å². The van der Waals surface area contributed by atoms with E-state index < -0.39 is 22.7 Å². The van der Waals surface area contributed by atoms with Gasteiger partial charge in [0.25, 0.3) is 0 Å². The molecule has 1 aromatic heterocycles. The summed E-state index contributed by atoms with van der Waals surface area (Å²) >= 11 is 5.93. The predicted molar refractivity (Wildman–Crippen MR) is 89.4 cm³/mol. The molecule has 1 atom stereocenters. The number of nitrogens with zero attached hydrogens (tertiary/aromatic N) is 1. The second kappa shape index (κ2) is 6.41. The third-order valence-corrected chi connectivity index (χ3v) is 5.23. The second-order valence-corrected chi connectivity index (χ2v) is 7.04. The van der Waals surface area contributed by atoms with Crippen LogP contribution in [0.5, 0.6) is 0 Å². The van der Waals surface area contributed by atoms with Gasteiger partial charge in [-0.2, -0.15) is 0 Å². The minimum atomic E-state index is -1.15. The number of benzene rings is 1. The van der Waals surface area contributed by atoms with Crippen molar-refractivity contribution in [3.63, 3.8) is 0 Å². The Balaban J connectivity index is 2.34. The van der Waals surface area contributed by atoms with Crippen LogP contribution in [0.3, 0.4) is 0 Å². The molecule has 3 rings (SSSR count). The van der Waals surface area contributed by atoms with Gasteiger partial charge in [0.2, 0.25) is 0 Å². The van der Waals surface area contributed by atoms with Gasteiger partial charge in [-0.05, 0) is 17.7 Å². The van der Waals surface area contributed by atoms with Gasteiger partial charge in [0.15, 0.2) is 0 Å². The molecule has 1 aliphatic heterocycles. The van der Waals surface area contributed by atoms with E-state index in [0.29, 0.717) is 22.0 Å². The summed E-state index contributed by atoms with van der Waals surface area (Å²) in [6.45, 7) is 0. The van der Waals surface area contributed by atoms with Gasteiger partial charge in [-0.15, -0.1) is 0 Å². The molecule has 2 heterocycles. The Hall–Kier alpha value is -2.12. The average Bonchev–Trinajstić information content (AvgIpc) is 3.08. The van der Waals surface area contributed by atoms with Crippen molar-refractivity contribution in [1.29, 1.82) is 0 Å². The largest absolute Gasteiger partial charge is 0.465 e. The number of halogens is 1. The molecule has 126 valence electrons. The molecule has 2 aromatic rings. The van der Waals surface area contributed by atoms with Crippen molar-refractivity contribution in [3.8, 4) is 11.3 Å². The fraction of sp³-hybridized carbons (Fsp3) is 0.250. The number of methoxy groups -OCH3 is 2. The van der Waals surface area contributed by atoms with Crippen LogP contribution in [0.1, 0.15) is 26.4 Å². The van der Waals surface area contributed by atoms with Crippen molar-refractivity contribution in [2.45, 2.75) is 11.6 Å². The Morgan fingerprint density at radius 1 is 1.08 bits per heavy atom. The molecule has 0 N–H and O–H groups in total. The van der Waals surface area contributed by atoms with Gasteiger partial charge in [0.05, 0.1) is 37.1 Å². The third-order valence-electron chi connectivity index (χ3n) is 3.84. The van der Waals surface area contributed by atoms with E-state index in [0.717, 1.165) is 0 Å². The lowest BCUT2D eigenvalue weighted by Gasteiger charge is -2.09. The van der Waals surface area contributed by atoms with Crippen LogP contribution < -0.4 is 0 Å². The molecule has 0 saturated heterocycles. The van der Waals surface area contributed by atoms with Crippen molar-refractivity contribution >= 4 is 34.3 Å². The highest BCUT2D eigenvalue weighted by molar-refractivity contribution is 7.83. The first kappa shape index (κ1) is 16.7. The van der Waals surface area contributed by atoms with Crippen LogP contribution in [0.25, 0.3) is 11.3 Å². The van der Waals surface area contributed by atoms with Crippen LogP contribution in [0.2, 0.25) is 5.02 Å². The number of aromatic nitrogens is 1. The first-order valence-electron chi connectivity index (χ1n) is 7.00. The highest BCUT2D eigenvalue weighted by Crippen LogP contribution is 2.37. The Bertz CT molecular complexity index is 856. The van der Waals surface area contributed by atoms with Crippen molar-refractivity contribution in [2.75, 3.05) is 14.2 Å². The smallest absolute Gasteiger partial charge is 0.340 e. The average molecular weight is 368 g/mol. The van der Waals surface area contributed by atoms with Crippen LogP contribution in [0, 0.1) is 0 Å². The van der Waals surface area contributed by atoms with Gasteiger partial charge < -0.3 is 14.0 Å². The van der Waals surface area contributed by atoms with Crippen molar-refractivity contribution in [2.24, 2.45) is 0 Å². The zero-order chi connectivity index (χ0) is 17.4. The van der Waals surface area contributed by atoms with Gasteiger partial charge >= 0.3 is 11.9 Å². The molecular weight excluding hydrogens is 354 g/mol. The highest BCUT2D eigenvalue weighted by Gasteiger charge is 2.36. The lowest BCUT2D eigenvalue weighted by molar-refractivity contribution is 0.0556. The van der Waals surface area contributed by atoms with E-state index in [9.17, 15) is 13.8 Å². The molecule has 0 radical (unpaired) electrons. The Morgan fingerprint density at radius 2 is 1.67 bits per heavy atom. The van der Waals surface area contributed by atoms with Gasteiger partial charge in [0.1, 0.15) is 5.56 Å². The van der Waals surface area contributed by atoms with E-state index in [1.807, 2.05) is 0 Å². The number of esters is 2. The van der Waals surface area contributed by atoms with E-state index in [1.165, 1.54) is 14.2 Å². The SMILES string of the molecule is COC(=O)c1c(C(=O)OC)c(-c2ccc(Cl)cc2)n2c1CS(=O)C2. The standard InChI is InChI=1S/C16H14ClNO5S/c1-22-15(19)12-11-7-24(21)8-18(11)14(13(12)16(20)23-2)9-3-5-10(17)6-4-9/h3-6H,7-8H2,1-2H3. The van der Waals surface area contributed by atoms with Gasteiger partial charge in [0, 0.05) is 21.5 Å².